The lowest BCUT2D eigenvalue weighted by molar-refractivity contribution is 0.414. The third-order valence-corrected chi connectivity index (χ3v) is 12.3. The molecule has 1 aliphatic rings. The molecule has 192 valence electrons. The molecule has 5 rings (SSSR count). The van der Waals surface area contributed by atoms with Crippen molar-refractivity contribution >= 4 is 19.1 Å². The Labute approximate surface area is 219 Å². The minimum atomic E-state index is -1.97. The Kier molecular flexibility index (Phi) is 6.19. The molecular weight excluding hydrogens is 478 g/mol. The van der Waals surface area contributed by atoms with E-state index in [1.54, 1.807) is 14.2 Å². The Morgan fingerprint density at radius 3 is 2.05 bits per heavy atom. The highest BCUT2D eigenvalue weighted by Crippen LogP contribution is 2.40. The lowest BCUT2D eigenvalue weighted by Gasteiger charge is -2.36. The number of fused-ring (bicyclic) bond motifs is 5. The zero-order valence-electron chi connectivity index (χ0n) is 22.8. The largest absolute Gasteiger partial charge is 0.544 e. The summed E-state index contributed by atoms with van der Waals surface area (Å²) < 4.78 is 19.3. The van der Waals surface area contributed by atoms with Crippen molar-refractivity contribution in [3.8, 4) is 34.2 Å². The first-order valence-electron chi connectivity index (χ1n) is 12.8. The fraction of sp³-hybridized carbons (Fsp3) is 0.323. The number of aryl methyl sites for hydroxylation is 2. The van der Waals surface area contributed by atoms with Crippen LogP contribution in [0.1, 0.15) is 31.9 Å². The van der Waals surface area contributed by atoms with Crippen molar-refractivity contribution in [3.63, 3.8) is 0 Å². The average Bonchev–Trinajstić information content (AvgIpc) is 2.88. The molecule has 1 aliphatic carbocycles. The number of methoxy groups -OCH3 is 2. The van der Waals surface area contributed by atoms with Crippen molar-refractivity contribution in [2.45, 2.75) is 51.7 Å². The maximum absolute atomic E-state index is 14.1. The summed E-state index contributed by atoms with van der Waals surface area (Å²) in [6.45, 7) is 11.2. The van der Waals surface area contributed by atoms with E-state index in [0.29, 0.717) is 11.1 Å². The van der Waals surface area contributed by atoms with E-state index in [1.165, 1.54) is 11.1 Å². The number of rotatable bonds is 5. The lowest BCUT2D eigenvalue weighted by Crippen LogP contribution is -2.43. The molecule has 0 amide bonds. The normalized spacial score (nSPS) is 13.2. The Morgan fingerprint density at radius 2 is 1.41 bits per heavy atom. The molecule has 3 aromatic carbocycles. The first-order valence-corrected chi connectivity index (χ1v) is 15.7. The van der Waals surface area contributed by atoms with Crippen LogP contribution < -0.4 is 19.5 Å². The molecule has 0 fully saturated rings. The van der Waals surface area contributed by atoms with Gasteiger partial charge in [-0.1, -0.05) is 26.8 Å². The van der Waals surface area contributed by atoms with Crippen molar-refractivity contribution in [2.24, 2.45) is 0 Å². The topological polar surface area (TPSA) is 49.7 Å². The van der Waals surface area contributed by atoms with Gasteiger partial charge in [0.2, 0.25) is 8.32 Å². The summed E-state index contributed by atoms with van der Waals surface area (Å²) in [7, 11) is 1.34. The van der Waals surface area contributed by atoms with Crippen LogP contribution in [-0.2, 0) is 12.8 Å². The zero-order chi connectivity index (χ0) is 26.5. The van der Waals surface area contributed by atoms with Crippen LogP contribution in [0.25, 0.3) is 27.7 Å². The molecular formula is C31H35NO4Si. The summed E-state index contributed by atoms with van der Waals surface area (Å²) in [5.41, 5.74) is 5.14. The molecule has 6 heteroatoms. The standard InChI is InChI=1S/C31H35NO4Si/c1-31(2,3)37(6,7)36-22-11-9-21(10-12-22)32-29-25-16-13-23(34-4)18-20(25)8-15-27(29)26-17-14-24(35-5)19-28(26)30(32)33/h9-14,16-19H,8,15H2,1-7H3. The van der Waals surface area contributed by atoms with Gasteiger partial charge in [-0.15, -0.1) is 0 Å². The Hall–Kier alpha value is -3.51. The van der Waals surface area contributed by atoms with Crippen LogP contribution in [0.4, 0.5) is 0 Å². The van der Waals surface area contributed by atoms with Gasteiger partial charge in [-0.2, -0.15) is 0 Å². The highest BCUT2D eigenvalue weighted by atomic mass is 28.4. The molecule has 1 heterocycles. The fourth-order valence-electron chi connectivity index (χ4n) is 4.86. The van der Waals surface area contributed by atoms with Crippen molar-refractivity contribution < 1.29 is 13.9 Å². The van der Waals surface area contributed by atoms with Crippen LogP contribution in [-0.4, -0.2) is 27.1 Å². The Morgan fingerprint density at radius 1 is 0.784 bits per heavy atom. The number of aromatic nitrogens is 1. The number of nitrogens with zero attached hydrogens (tertiary/aromatic N) is 1. The summed E-state index contributed by atoms with van der Waals surface area (Å²) in [6.07, 6.45) is 1.73. The van der Waals surface area contributed by atoms with Crippen LogP contribution in [0.5, 0.6) is 17.2 Å². The molecule has 0 atom stereocenters. The molecule has 0 radical (unpaired) electrons. The van der Waals surface area contributed by atoms with E-state index in [1.807, 2.05) is 53.1 Å². The highest BCUT2D eigenvalue weighted by molar-refractivity contribution is 6.74. The minimum absolute atomic E-state index is 0.0608. The van der Waals surface area contributed by atoms with Gasteiger partial charge in [-0.25, -0.2) is 0 Å². The average molecular weight is 514 g/mol. The molecule has 0 bridgehead atoms. The Bertz CT molecular complexity index is 1550. The number of ether oxygens (including phenoxy) is 2. The molecule has 4 aromatic rings. The van der Waals surface area contributed by atoms with E-state index in [-0.39, 0.29) is 10.6 Å². The van der Waals surface area contributed by atoms with Crippen molar-refractivity contribution in [1.82, 2.24) is 4.57 Å². The van der Waals surface area contributed by atoms with E-state index >= 15 is 0 Å². The van der Waals surface area contributed by atoms with Gasteiger partial charge in [-0.3, -0.25) is 9.36 Å². The van der Waals surface area contributed by atoms with E-state index in [9.17, 15) is 4.79 Å². The molecule has 1 aromatic heterocycles. The molecule has 0 saturated heterocycles. The minimum Gasteiger partial charge on any atom is -0.544 e. The first-order chi connectivity index (χ1) is 17.5. The van der Waals surface area contributed by atoms with Gasteiger partial charge in [-0.05, 0) is 102 Å². The van der Waals surface area contributed by atoms with Gasteiger partial charge in [0.1, 0.15) is 17.2 Å². The molecule has 0 unspecified atom stereocenters. The predicted molar refractivity (Wildman–Crippen MR) is 153 cm³/mol. The van der Waals surface area contributed by atoms with Crippen LogP contribution in [0.2, 0.25) is 18.1 Å². The van der Waals surface area contributed by atoms with Crippen LogP contribution in [0.3, 0.4) is 0 Å². The van der Waals surface area contributed by atoms with Crippen molar-refractivity contribution in [1.29, 1.82) is 0 Å². The molecule has 5 nitrogen and oxygen atoms in total. The SMILES string of the molecule is COc1ccc2c(c1)CCc1c-2n(-c2ccc(O[Si](C)(C)C(C)(C)C)cc2)c(=O)c2cc(OC)ccc12. The summed E-state index contributed by atoms with van der Waals surface area (Å²) in [6, 6.07) is 19.9. The Balaban J connectivity index is 1.73. The third kappa shape index (κ3) is 4.33. The predicted octanol–water partition coefficient (Wildman–Crippen LogP) is 7.16. The first kappa shape index (κ1) is 25.1. The van der Waals surface area contributed by atoms with Gasteiger partial charge < -0.3 is 13.9 Å². The molecule has 37 heavy (non-hydrogen) atoms. The number of benzene rings is 3. The summed E-state index contributed by atoms with van der Waals surface area (Å²) in [5.74, 6) is 2.34. The van der Waals surface area contributed by atoms with E-state index in [4.69, 9.17) is 13.9 Å². The summed E-state index contributed by atoms with van der Waals surface area (Å²) in [5, 5.41) is 1.75. The maximum Gasteiger partial charge on any atom is 0.263 e. The van der Waals surface area contributed by atoms with Gasteiger partial charge in [0.25, 0.3) is 5.56 Å². The monoisotopic (exact) mass is 513 g/mol. The quantitative estimate of drug-likeness (QED) is 0.266. The van der Waals surface area contributed by atoms with Gasteiger partial charge >= 0.3 is 0 Å². The number of pyridine rings is 1. The third-order valence-electron chi connectivity index (χ3n) is 7.98. The van der Waals surface area contributed by atoms with E-state index in [2.05, 4.69) is 46.0 Å². The summed E-state index contributed by atoms with van der Waals surface area (Å²) >= 11 is 0. The zero-order valence-corrected chi connectivity index (χ0v) is 23.8. The molecule has 0 aliphatic heterocycles. The fourth-order valence-corrected chi connectivity index (χ4v) is 5.89. The molecule has 0 saturated carbocycles. The summed E-state index contributed by atoms with van der Waals surface area (Å²) in [4.78, 5) is 14.1. The van der Waals surface area contributed by atoms with E-state index < -0.39 is 8.32 Å². The second kappa shape index (κ2) is 9.10. The van der Waals surface area contributed by atoms with Crippen molar-refractivity contribution in [2.75, 3.05) is 14.2 Å². The van der Waals surface area contributed by atoms with Crippen LogP contribution >= 0.6 is 0 Å². The van der Waals surface area contributed by atoms with Gasteiger partial charge in [0, 0.05) is 11.3 Å². The smallest absolute Gasteiger partial charge is 0.263 e. The van der Waals surface area contributed by atoms with Gasteiger partial charge in [0.05, 0.1) is 25.3 Å². The molecule has 0 spiro atoms. The van der Waals surface area contributed by atoms with Crippen LogP contribution in [0, 0.1) is 0 Å². The highest BCUT2D eigenvalue weighted by Gasteiger charge is 2.39. The van der Waals surface area contributed by atoms with Gasteiger partial charge in [0.15, 0.2) is 0 Å². The number of hydrogen-bond donors (Lipinski definition) is 0. The molecule has 0 N–H and O–H groups in total. The van der Waals surface area contributed by atoms with Crippen molar-refractivity contribution in [3.05, 3.63) is 82.1 Å². The van der Waals surface area contributed by atoms with Crippen LogP contribution in [0.15, 0.2) is 65.5 Å². The van der Waals surface area contributed by atoms with E-state index in [0.717, 1.165) is 46.7 Å². The second-order valence-corrected chi connectivity index (χ2v) is 16.0. The lowest BCUT2D eigenvalue weighted by atomic mass is 9.85. The maximum atomic E-state index is 14.1. The number of hydrogen-bond acceptors (Lipinski definition) is 4. The second-order valence-electron chi connectivity index (χ2n) is 11.3.